The van der Waals surface area contributed by atoms with E-state index < -0.39 is 0 Å². The van der Waals surface area contributed by atoms with E-state index in [1.54, 1.807) is 0 Å². The molecule has 0 fully saturated rings. The van der Waals surface area contributed by atoms with E-state index >= 15 is 0 Å². The molecule has 0 saturated carbocycles. The van der Waals surface area contributed by atoms with Gasteiger partial charge in [-0.05, 0) is 30.7 Å². The number of aryl methyl sites for hydroxylation is 1. The summed E-state index contributed by atoms with van der Waals surface area (Å²) < 4.78 is 6.04. The number of halogens is 2. The third-order valence-corrected chi connectivity index (χ3v) is 3.31. The monoisotopic (exact) mass is 314 g/mol. The van der Waals surface area contributed by atoms with Gasteiger partial charge in [0.2, 0.25) is 0 Å². The molecule has 3 nitrogen and oxygen atoms in total. The molecule has 0 amide bonds. The van der Waals surface area contributed by atoms with Gasteiger partial charge in [0.1, 0.15) is 5.76 Å². The first-order valence-electron chi connectivity index (χ1n) is 5.22. The summed E-state index contributed by atoms with van der Waals surface area (Å²) in [4.78, 5) is 0. The Morgan fingerprint density at radius 2 is 2.18 bits per heavy atom. The molecule has 17 heavy (non-hydrogen) atoms. The summed E-state index contributed by atoms with van der Waals surface area (Å²) in [6, 6.07) is 7.66. The van der Waals surface area contributed by atoms with Gasteiger partial charge in [0.15, 0.2) is 0 Å². The highest BCUT2D eigenvalue weighted by atomic mass is 79.9. The molecule has 1 aromatic carbocycles. The number of rotatable bonds is 4. The lowest BCUT2D eigenvalue weighted by Gasteiger charge is -2.05. The van der Waals surface area contributed by atoms with Gasteiger partial charge in [-0.25, -0.2) is 0 Å². The van der Waals surface area contributed by atoms with E-state index in [1.807, 2.05) is 31.2 Å². The highest BCUT2D eigenvalue weighted by Crippen LogP contribution is 2.21. The third kappa shape index (κ3) is 3.56. The van der Waals surface area contributed by atoms with Gasteiger partial charge in [-0.1, -0.05) is 32.7 Å². The molecular weight excluding hydrogens is 304 g/mol. The smallest absolute Gasteiger partial charge is 0.133 e. The maximum absolute atomic E-state index is 5.94. The van der Waals surface area contributed by atoms with Crippen molar-refractivity contribution in [1.29, 1.82) is 0 Å². The highest BCUT2D eigenvalue weighted by molar-refractivity contribution is 9.10. The Morgan fingerprint density at radius 1 is 1.35 bits per heavy atom. The van der Waals surface area contributed by atoms with Gasteiger partial charge < -0.3 is 9.84 Å². The van der Waals surface area contributed by atoms with E-state index in [-0.39, 0.29) is 0 Å². The van der Waals surface area contributed by atoms with Crippen molar-refractivity contribution >= 4 is 27.5 Å². The highest BCUT2D eigenvalue weighted by Gasteiger charge is 2.02. The van der Waals surface area contributed by atoms with E-state index in [9.17, 15) is 0 Å². The fourth-order valence-corrected chi connectivity index (χ4v) is 2.09. The van der Waals surface area contributed by atoms with Crippen LogP contribution < -0.4 is 5.32 Å². The summed E-state index contributed by atoms with van der Waals surface area (Å²) in [6.45, 7) is 3.29. The Bertz CT molecular complexity index is 513. The lowest BCUT2D eigenvalue weighted by atomic mass is 10.2. The summed E-state index contributed by atoms with van der Waals surface area (Å²) in [6.07, 6.45) is 0. The van der Waals surface area contributed by atoms with Crippen LogP contribution in [0.2, 0.25) is 5.02 Å². The van der Waals surface area contributed by atoms with Gasteiger partial charge in [-0.3, -0.25) is 0 Å². The molecule has 2 aromatic rings. The first kappa shape index (κ1) is 12.6. The van der Waals surface area contributed by atoms with Gasteiger partial charge in [0.25, 0.3) is 0 Å². The van der Waals surface area contributed by atoms with Crippen molar-refractivity contribution in [3.63, 3.8) is 0 Å². The Balaban J connectivity index is 1.91. The summed E-state index contributed by atoms with van der Waals surface area (Å²) in [5.41, 5.74) is 2.03. The molecule has 0 radical (unpaired) electrons. The first-order chi connectivity index (χ1) is 8.15. The Labute approximate surface area is 113 Å². The van der Waals surface area contributed by atoms with Crippen molar-refractivity contribution in [3.05, 3.63) is 50.8 Å². The maximum Gasteiger partial charge on any atom is 0.133 e. The van der Waals surface area contributed by atoms with Gasteiger partial charge in [-0.15, -0.1) is 0 Å². The fourth-order valence-electron chi connectivity index (χ4n) is 1.51. The Morgan fingerprint density at radius 3 is 2.88 bits per heavy atom. The average Bonchev–Trinajstić information content (AvgIpc) is 2.69. The quantitative estimate of drug-likeness (QED) is 0.935. The van der Waals surface area contributed by atoms with E-state index in [0.29, 0.717) is 6.54 Å². The normalized spacial score (nSPS) is 10.8. The zero-order valence-corrected chi connectivity index (χ0v) is 11.7. The van der Waals surface area contributed by atoms with E-state index in [2.05, 4.69) is 26.4 Å². The summed E-state index contributed by atoms with van der Waals surface area (Å²) in [5.74, 6) is 0.825. The summed E-state index contributed by atoms with van der Waals surface area (Å²) in [7, 11) is 0. The maximum atomic E-state index is 5.94. The van der Waals surface area contributed by atoms with Crippen LogP contribution in [0.1, 0.15) is 17.0 Å². The van der Waals surface area contributed by atoms with E-state index in [4.69, 9.17) is 16.1 Å². The van der Waals surface area contributed by atoms with Crippen molar-refractivity contribution in [2.45, 2.75) is 20.0 Å². The summed E-state index contributed by atoms with van der Waals surface area (Å²) >= 11 is 9.43. The first-order valence-corrected chi connectivity index (χ1v) is 6.39. The van der Waals surface area contributed by atoms with Crippen LogP contribution in [0.5, 0.6) is 0 Å². The van der Waals surface area contributed by atoms with Crippen LogP contribution in [0, 0.1) is 6.92 Å². The van der Waals surface area contributed by atoms with Crippen molar-refractivity contribution < 1.29 is 4.52 Å². The van der Waals surface area contributed by atoms with Crippen LogP contribution in [0.25, 0.3) is 0 Å². The van der Waals surface area contributed by atoms with E-state index in [1.165, 1.54) is 0 Å². The second kappa shape index (κ2) is 5.67. The molecule has 0 saturated heterocycles. The molecule has 2 rings (SSSR count). The molecule has 0 bridgehead atoms. The van der Waals surface area contributed by atoms with Gasteiger partial charge in [0, 0.05) is 28.7 Å². The molecule has 1 heterocycles. The molecular formula is C12H12BrClN2O. The van der Waals surface area contributed by atoms with Crippen LogP contribution in [0.3, 0.4) is 0 Å². The second-order valence-corrected chi connectivity index (χ2v) is 5.06. The third-order valence-electron chi connectivity index (χ3n) is 2.31. The van der Waals surface area contributed by atoms with Gasteiger partial charge in [0.05, 0.1) is 5.69 Å². The number of benzene rings is 1. The van der Waals surface area contributed by atoms with Crippen molar-refractivity contribution in [1.82, 2.24) is 10.5 Å². The van der Waals surface area contributed by atoms with Crippen LogP contribution in [-0.4, -0.2) is 5.16 Å². The SMILES string of the molecule is Cc1cc(CNCc2cc(Cl)ccc2Br)no1. The number of hydrogen-bond acceptors (Lipinski definition) is 3. The summed E-state index contributed by atoms with van der Waals surface area (Å²) in [5, 5.41) is 7.94. The lowest BCUT2D eigenvalue weighted by molar-refractivity contribution is 0.388. The van der Waals surface area contributed by atoms with E-state index in [0.717, 1.165) is 33.1 Å². The molecule has 1 N–H and O–H groups in total. The minimum atomic E-state index is 0.677. The van der Waals surface area contributed by atoms with Crippen LogP contribution in [0.4, 0.5) is 0 Å². The van der Waals surface area contributed by atoms with Crippen molar-refractivity contribution in [3.8, 4) is 0 Å². The molecule has 5 heteroatoms. The number of hydrogen-bond donors (Lipinski definition) is 1. The molecule has 0 aliphatic heterocycles. The molecule has 0 atom stereocenters. The number of aromatic nitrogens is 1. The zero-order chi connectivity index (χ0) is 12.3. The second-order valence-electron chi connectivity index (χ2n) is 3.77. The molecule has 0 aliphatic carbocycles. The standard InChI is InChI=1S/C12H12BrClN2O/c1-8-4-11(16-17-8)7-15-6-9-5-10(14)2-3-12(9)13/h2-5,15H,6-7H2,1H3. The number of nitrogens with one attached hydrogen (secondary N) is 1. The van der Waals surface area contributed by atoms with Crippen LogP contribution in [-0.2, 0) is 13.1 Å². The lowest BCUT2D eigenvalue weighted by Crippen LogP contribution is -2.13. The zero-order valence-electron chi connectivity index (χ0n) is 9.34. The minimum Gasteiger partial charge on any atom is -0.361 e. The van der Waals surface area contributed by atoms with Gasteiger partial charge in [-0.2, -0.15) is 0 Å². The fraction of sp³-hybridized carbons (Fsp3) is 0.250. The molecule has 0 spiro atoms. The molecule has 1 aromatic heterocycles. The van der Waals surface area contributed by atoms with Gasteiger partial charge >= 0.3 is 0 Å². The van der Waals surface area contributed by atoms with Crippen molar-refractivity contribution in [2.24, 2.45) is 0 Å². The Kier molecular flexibility index (Phi) is 4.20. The molecule has 0 aliphatic rings. The van der Waals surface area contributed by atoms with Crippen LogP contribution in [0.15, 0.2) is 33.3 Å². The predicted octanol–water partition coefficient (Wildman–Crippen LogP) is 3.69. The molecule has 90 valence electrons. The number of nitrogens with zero attached hydrogens (tertiary/aromatic N) is 1. The molecule has 0 unspecified atom stereocenters. The average molecular weight is 316 g/mol. The topological polar surface area (TPSA) is 38.1 Å². The predicted molar refractivity (Wildman–Crippen MR) is 70.9 cm³/mol. The van der Waals surface area contributed by atoms with Crippen LogP contribution >= 0.6 is 27.5 Å². The largest absolute Gasteiger partial charge is 0.361 e. The van der Waals surface area contributed by atoms with Crippen molar-refractivity contribution in [2.75, 3.05) is 0 Å². The minimum absolute atomic E-state index is 0.677. The Hall–Kier alpha value is -0.840.